The third-order valence-corrected chi connectivity index (χ3v) is 4.30. The fourth-order valence-corrected chi connectivity index (χ4v) is 2.92. The van der Waals surface area contributed by atoms with Gasteiger partial charge >= 0.3 is 0 Å². The van der Waals surface area contributed by atoms with E-state index >= 15 is 0 Å². The second-order valence-electron chi connectivity index (χ2n) is 6.08. The third kappa shape index (κ3) is 3.35. The number of anilines is 1. The Labute approximate surface area is 160 Å². The van der Waals surface area contributed by atoms with Crippen LogP contribution in [0.3, 0.4) is 0 Å². The van der Waals surface area contributed by atoms with E-state index in [0.29, 0.717) is 39.3 Å². The monoisotopic (exact) mass is 372 g/mol. The fraction of sp³-hybridized carbons (Fsp3) is 0.0455. The van der Waals surface area contributed by atoms with Crippen molar-refractivity contribution in [2.45, 2.75) is 0 Å². The summed E-state index contributed by atoms with van der Waals surface area (Å²) in [6.07, 6.45) is 3.09. The molecule has 0 aliphatic carbocycles. The summed E-state index contributed by atoms with van der Waals surface area (Å²) in [5.41, 5.74) is 1.90. The molecule has 28 heavy (non-hydrogen) atoms. The van der Waals surface area contributed by atoms with Gasteiger partial charge in [0.1, 0.15) is 17.1 Å². The topological polar surface area (TPSA) is 81.4 Å². The van der Waals surface area contributed by atoms with Gasteiger partial charge in [-0.1, -0.05) is 12.1 Å². The number of hydrogen-bond acceptors (Lipinski definition) is 5. The number of hydrogen-bond donors (Lipinski definition) is 1. The van der Waals surface area contributed by atoms with E-state index in [0.717, 1.165) is 0 Å². The molecule has 1 N–H and O–H groups in total. The van der Waals surface area contributed by atoms with Crippen LogP contribution in [0, 0.1) is 0 Å². The molecule has 0 radical (unpaired) electrons. The van der Waals surface area contributed by atoms with Crippen LogP contribution < -0.4 is 15.5 Å². The van der Waals surface area contributed by atoms with E-state index in [-0.39, 0.29) is 11.3 Å². The first-order valence-electron chi connectivity index (χ1n) is 8.58. The van der Waals surface area contributed by atoms with Gasteiger partial charge in [0.2, 0.25) is 0 Å². The molecule has 0 aliphatic rings. The normalized spacial score (nSPS) is 10.6. The molecule has 0 saturated carbocycles. The van der Waals surface area contributed by atoms with Crippen LogP contribution in [0.2, 0.25) is 0 Å². The molecule has 2 aromatic heterocycles. The summed E-state index contributed by atoms with van der Waals surface area (Å²) in [7, 11) is 1.57. The second kappa shape index (κ2) is 7.36. The molecule has 4 rings (SSSR count). The van der Waals surface area contributed by atoms with Gasteiger partial charge in [0.05, 0.1) is 18.1 Å². The zero-order chi connectivity index (χ0) is 19.5. The molecule has 0 bridgehead atoms. The Morgan fingerprint density at radius 2 is 1.82 bits per heavy atom. The molecule has 0 atom stereocenters. The molecule has 0 saturated heterocycles. The quantitative estimate of drug-likeness (QED) is 0.583. The van der Waals surface area contributed by atoms with E-state index in [2.05, 4.69) is 10.3 Å². The van der Waals surface area contributed by atoms with E-state index in [1.807, 2.05) is 18.2 Å². The number of nitrogens with one attached hydrogen (secondary N) is 1. The smallest absolute Gasteiger partial charge is 0.255 e. The number of carbonyl (C=O) groups excluding carboxylic acids is 1. The summed E-state index contributed by atoms with van der Waals surface area (Å²) in [4.78, 5) is 28.8. The number of nitrogens with zero attached hydrogens (tertiary/aromatic N) is 1. The van der Waals surface area contributed by atoms with Crippen molar-refractivity contribution < 1.29 is 13.9 Å². The van der Waals surface area contributed by atoms with Gasteiger partial charge < -0.3 is 14.5 Å². The summed E-state index contributed by atoms with van der Waals surface area (Å²) in [5.74, 6) is 0.756. The van der Waals surface area contributed by atoms with Crippen molar-refractivity contribution in [3.8, 4) is 17.1 Å². The Morgan fingerprint density at radius 1 is 1.04 bits per heavy atom. The van der Waals surface area contributed by atoms with Crippen LogP contribution in [-0.4, -0.2) is 18.0 Å². The van der Waals surface area contributed by atoms with Crippen molar-refractivity contribution >= 4 is 22.6 Å². The number of para-hydroxylation sites is 1. The van der Waals surface area contributed by atoms with Gasteiger partial charge in [-0.3, -0.25) is 14.6 Å². The Balaban J connectivity index is 1.71. The molecule has 1 amide bonds. The highest BCUT2D eigenvalue weighted by Crippen LogP contribution is 2.30. The number of pyridine rings is 1. The van der Waals surface area contributed by atoms with Crippen molar-refractivity contribution in [3.63, 3.8) is 0 Å². The minimum Gasteiger partial charge on any atom is -0.496 e. The van der Waals surface area contributed by atoms with Crippen LogP contribution in [0.1, 0.15) is 10.4 Å². The molecule has 138 valence electrons. The zero-order valence-electron chi connectivity index (χ0n) is 15.0. The minimum atomic E-state index is -0.281. The van der Waals surface area contributed by atoms with E-state index in [1.165, 1.54) is 6.07 Å². The lowest BCUT2D eigenvalue weighted by Gasteiger charge is -2.09. The predicted octanol–water partition coefficient (Wildman–Crippen LogP) is 4.12. The average molecular weight is 372 g/mol. The van der Waals surface area contributed by atoms with Crippen LogP contribution in [0.5, 0.6) is 5.75 Å². The number of carbonyl (C=O) groups is 1. The van der Waals surface area contributed by atoms with E-state index < -0.39 is 0 Å². The van der Waals surface area contributed by atoms with Gasteiger partial charge in [-0.25, -0.2) is 0 Å². The molecule has 0 fully saturated rings. The van der Waals surface area contributed by atoms with Crippen molar-refractivity contribution in [2.75, 3.05) is 12.4 Å². The number of amides is 1. The number of ether oxygens (including phenoxy) is 1. The van der Waals surface area contributed by atoms with E-state index in [4.69, 9.17) is 9.15 Å². The van der Waals surface area contributed by atoms with Crippen LogP contribution in [0.25, 0.3) is 22.3 Å². The lowest BCUT2D eigenvalue weighted by molar-refractivity contribution is 0.102. The fourth-order valence-electron chi connectivity index (χ4n) is 2.92. The van der Waals surface area contributed by atoms with Crippen molar-refractivity contribution in [1.82, 2.24) is 4.98 Å². The molecule has 6 nitrogen and oxygen atoms in total. The van der Waals surface area contributed by atoms with Gasteiger partial charge in [0, 0.05) is 29.7 Å². The zero-order valence-corrected chi connectivity index (χ0v) is 15.0. The molecular formula is C22H16N2O4. The summed E-state index contributed by atoms with van der Waals surface area (Å²) in [6, 6.07) is 16.9. The maximum atomic E-state index is 12.7. The molecule has 0 unspecified atom stereocenters. The van der Waals surface area contributed by atoms with Crippen LogP contribution in [0.15, 0.2) is 82.3 Å². The highest BCUT2D eigenvalue weighted by molar-refractivity contribution is 6.04. The number of methoxy groups -OCH3 is 1. The first-order valence-corrected chi connectivity index (χ1v) is 8.58. The van der Waals surface area contributed by atoms with Gasteiger partial charge in [0.25, 0.3) is 5.91 Å². The summed E-state index contributed by atoms with van der Waals surface area (Å²) in [6.45, 7) is 0. The third-order valence-electron chi connectivity index (χ3n) is 4.30. The number of benzene rings is 2. The lowest BCUT2D eigenvalue weighted by atomic mass is 10.1. The SMILES string of the molecule is COc1ccccc1-c1cc(=O)c2cc(NC(=O)c3ccncc3)ccc2o1. The molecule has 2 aromatic carbocycles. The van der Waals surface area contributed by atoms with E-state index in [1.54, 1.807) is 55.9 Å². The molecule has 0 aliphatic heterocycles. The largest absolute Gasteiger partial charge is 0.496 e. The highest BCUT2D eigenvalue weighted by atomic mass is 16.5. The molecule has 2 heterocycles. The molecule has 0 spiro atoms. The van der Waals surface area contributed by atoms with Crippen LogP contribution in [0.4, 0.5) is 5.69 Å². The van der Waals surface area contributed by atoms with Gasteiger partial charge in [-0.2, -0.15) is 0 Å². The van der Waals surface area contributed by atoms with Crippen molar-refractivity contribution in [1.29, 1.82) is 0 Å². The average Bonchev–Trinajstić information content (AvgIpc) is 2.74. The van der Waals surface area contributed by atoms with E-state index in [9.17, 15) is 9.59 Å². The van der Waals surface area contributed by atoms with Gasteiger partial charge in [0.15, 0.2) is 5.43 Å². The lowest BCUT2D eigenvalue weighted by Crippen LogP contribution is -2.12. The van der Waals surface area contributed by atoms with Crippen molar-refractivity contribution in [3.05, 3.63) is 88.8 Å². The first kappa shape index (κ1) is 17.5. The first-order chi connectivity index (χ1) is 13.7. The Kier molecular flexibility index (Phi) is 4.60. The summed E-state index contributed by atoms with van der Waals surface area (Å²) >= 11 is 0. The second-order valence-corrected chi connectivity index (χ2v) is 6.08. The molecule has 4 aromatic rings. The Hall–Kier alpha value is -3.93. The maximum absolute atomic E-state index is 12.7. The number of rotatable bonds is 4. The maximum Gasteiger partial charge on any atom is 0.255 e. The predicted molar refractivity (Wildman–Crippen MR) is 107 cm³/mol. The standard InChI is InChI=1S/C22H16N2O4/c1-27-19-5-3-2-4-16(19)21-13-18(25)17-12-15(6-7-20(17)28-21)24-22(26)14-8-10-23-11-9-14/h2-13H,1H3,(H,24,26). The van der Waals surface area contributed by atoms with Crippen molar-refractivity contribution in [2.24, 2.45) is 0 Å². The number of fused-ring (bicyclic) bond motifs is 1. The Morgan fingerprint density at radius 3 is 2.61 bits per heavy atom. The molecule has 6 heteroatoms. The van der Waals surface area contributed by atoms with Crippen LogP contribution >= 0.6 is 0 Å². The van der Waals surface area contributed by atoms with Gasteiger partial charge in [-0.15, -0.1) is 0 Å². The highest BCUT2D eigenvalue weighted by Gasteiger charge is 2.12. The summed E-state index contributed by atoms with van der Waals surface area (Å²) < 4.78 is 11.3. The number of aromatic nitrogens is 1. The van der Waals surface area contributed by atoms with Gasteiger partial charge in [-0.05, 0) is 42.5 Å². The molecular weight excluding hydrogens is 356 g/mol. The Bertz CT molecular complexity index is 1220. The van der Waals surface area contributed by atoms with Crippen LogP contribution in [-0.2, 0) is 0 Å². The summed E-state index contributed by atoms with van der Waals surface area (Å²) in [5, 5.41) is 3.16. The minimum absolute atomic E-state index is 0.206.